The molecule has 1 amide bonds. The van der Waals surface area contributed by atoms with Gasteiger partial charge in [0.1, 0.15) is 17.7 Å². The van der Waals surface area contributed by atoms with Crippen molar-refractivity contribution in [1.29, 1.82) is 0 Å². The number of hydrogen-bond donors (Lipinski definition) is 0. The summed E-state index contributed by atoms with van der Waals surface area (Å²) >= 11 is 0. The van der Waals surface area contributed by atoms with Gasteiger partial charge in [0.25, 0.3) is 0 Å². The van der Waals surface area contributed by atoms with E-state index in [0.29, 0.717) is 5.82 Å². The zero-order chi connectivity index (χ0) is 15.9. The quantitative estimate of drug-likeness (QED) is 0.850. The molecule has 118 valence electrons. The minimum Gasteiger partial charge on any atom is -0.342 e. The van der Waals surface area contributed by atoms with Gasteiger partial charge < -0.3 is 9.80 Å². The van der Waals surface area contributed by atoms with Gasteiger partial charge in [0.15, 0.2) is 5.65 Å². The molecule has 3 rings (SSSR count). The Morgan fingerprint density at radius 3 is 2.73 bits per heavy atom. The van der Waals surface area contributed by atoms with E-state index in [2.05, 4.69) is 20.0 Å². The number of fused-ring (bicyclic) bond motifs is 1. The van der Waals surface area contributed by atoms with Crippen molar-refractivity contribution in [3.05, 3.63) is 12.0 Å². The van der Waals surface area contributed by atoms with Crippen LogP contribution < -0.4 is 4.90 Å². The highest BCUT2D eigenvalue weighted by atomic mass is 16.2. The molecule has 0 aliphatic carbocycles. The summed E-state index contributed by atoms with van der Waals surface area (Å²) in [6, 6.07) is -0.161. The SMILES string of the molecule is CCC1C(=O)N(CC)CCN1c1nc(C)nc2c1cnn2C. The zero-order valence-electron chi connectivity index (χ0n) is 13.6. The van der Waals surface area contributed by atoms with Crippen molar-refractivity contribution in [2.24, 2.45) is 7.05 Å². The van der Waals surface area contributed by atoms with Crippen LogP contribution in [0.25, 0.3) is 11.0 Å². The number of likely N-dealkylation sites (N-methyl/N-ethyl adjacent to an activating group) is 1. The fourth-order valence-corrected chi connectivity index (χ4v) is 3.13. The van der Waals surface area contributed by atoms with Crippen molar-refractivity contribution in [1.82, 2.24) is 24.6 Å². The van der Waals surface area contributed by atoms with Gasteiger partial charge in [-0.15, -0.1) is 0 Å². The Bertz CT molecular complexity index is 709. The first-order valence-electron chi connectivity index (χ1n) is 7.78. The lowest BCUT2D eigenvalue weighted by Gasteiger charge is -2.40. The third-order valence-corrected chi connectivity index (χ3v) is 4.31. The van der Waals surface area contributed by atoms with Gasteiger partial charge >= 0.3 is 0 Å². The summed E-state index contributed by atoms with van der Waals surface area (Å²) in [6.07, 6.45) is 2.55. The van der Waals surface area contributed by atoms with E-state index in [4.69, 9.17) is 0 Å². The Kier molecular flexibility index (Phi) is 3.72. The second-order valence-electron chi connectivity index (χ2n) is 5.64. The van der Waals surface area contributed by atoms with Crippen LogP contribution in [-0.4, -0.2) is 56.2 Å². The second kappa shape index (κ2) is 5.55. The summed E-state index contributed by atoms with van der Waals surface area (Å²) in [5.74, 6) is 1.71. The van der Waals surface area contributed by atoms with E-state index in [0.717, 1.165) is 42.9 Å². The van der Waals surface area contributed by atoms with Crippen LogP contribution in [0.15, 0.2) is 6.20 Å². The Balaban J connectivity index is 2.08. The maximum Gasteiger partial charge on any atom is 0.245 e. The van der Waals surface area contributed by atoms with Crippen molar-refractivity contribution >= 4 is 22.8 Å². The average molecular weight is 302 g/mol. The standard InChI is InChI=1S/C15H22N6O/c1-5-12-15(22)20(6-2)7-8-21(12)14-11-9-16-19(4)13(11)17-10(3)18-14/h9,12H,5-8H2,1-4H3. The predicted molar refractivity (Wildman–Crippen MR) is 84.7 cm³/mol. The molecular weight excluding hydrogens is 280 g/mol. The van der Waals surface area contributed by atoms with Gasteiger partial charge in [-0.2, -0.15) is 5.10 Å². The van der Waals surface area contributed by atoms with E-state index in [1.165, 1.54) is 0 Å². The Labute approximate surface area is 129 Å². The number of piperazine rings is 1. The van der Waals surface area contributed by atoms with Gasteiger partial charge in [0, 0.05) is 26.7 Å². The molecule has 1 aliphatic rings. The number of hydrogen-bond acceptors (Lipinski definition) is 5. The van der Waals surface area contributed by atoms with E-state index in [1.54, 1.807) is 10.9 Å². The number of nitrogens with zero attached hydrogens (tertiary/aromatic N) is 6. The molecule has 2 aromatic rings. The minimum atomic E-state index is -0.161. The molecule has 1 atom stereocenters. The molecule has 7 nitrogen and oxygen atoms in total. The van der Waals surface area contributed by atoms with E-state index in [1.807, 2.05) is 32.7 Å². The average Bonchev–Trinajstić information content (AvgIpc) is 2.87. The Hall–Kier alpha value is -2.18. The molecule has 1 saturated heterocycles. The molecule has 0 saturated carbocycles. The molecule has 0 aromatic carbocycles. The van der Waals surface area contributed by atoms with Crippen LogP contribution in [0.4, 0.5) is 5.82 Å². The van der Waals surface area contributed by atoms with Gasteiger partial charge in [-0.25, -0.2) is 9.97 Å². The molecular formula is C15H22N6O. The number of aryl methyl sites for hydroxylation is 2. The summed E-state index contributed by atoms with van der Waals surface area (Å²) in [5.41, 5.74) is 0.808. The molecule has 7 heteroatoms. The maximum atomic E-state index is 12.6. The maximum absolute atomic E-state index is 12.6. The van der Waals surface area contributed by atoms with Crippen LogP contribution in [0, 0.1) is 6.92 Å². The van der Waals surface area contributed by atoms with Gasteiger partial charge in [-0.3, -0.25) is 9.48 Å². The van der Waals surface area contributed by atoms with Crippen LogP contribution in [0.3, 0.4) is 0 Å². The monoisotopic (exact) mass is 302 g/mol. The van der Waals surface area contributed by atoms with E-state index in [-0.39, 0.29) is 11.9 Å². The predicted octanol–water partition coefficient (Wildman–Crippen LogP) is 1.12. The van der Waals surface area contributed by atoms with E-state index < -0.39 is 0 Å². The lowest BCUT2D eigenvalue weighted by molar-refractivity contribution is -0.134. The molecule has 0 radical (unpaired) electrons. The Morgan fingerprint density at radius 2 is 2.05 bits per heavy atom. The highest BCUT2D eigenvalue weighted by Gasteiger charge is 2.34. The van der Waals surface area contributed by atoms with Crippen LogP contribution in [-0.2, 0) is 11.8 Å². The zero-order valence-corrected chi connectivity index (χ0v) is 13.6. The van der Waals surface area contributed by atoms with Gasteiger partial charge in [-0.05, 0) is 20.3 Å². The third kappa shape index (κ3) is 2.20. The Morgan fingerprint density at radius 1 is 1.27 bits per heavy atom. The van der Waals surface area contributed by atoms with Crippen LogP contribution in [0.1, 0.15) is 26.1 Å². The molecule has 0 bridgehead atoms. The van der Waals surface area contributed by atoms with Crippen LogP contribution >= 0.6 is 0 Å². The minimum absolute atomic E-state index is 0.161. The number of amides is 1. The smallest absolute Gasteiger partial charge is 0.245 e. The molecule has 1 aliphatic heterocycles. The summed E-state index contributed by atoms with van der Waals surface area (Å²) in [6.45, 7) is 8.22. The highest BCUT2D eigenvalue weighted by Crippen LogP contribution is 2.28. The summed E-state index contributed by atoms with van der Waals surface area (Å²) in [7, 11) is 1.87. The number of aromatic nitrogens is 4. The van der Waals surface area contributed by atoms with Gasteiger partial charge in [-0.1, -0.05) is 6.92 Å². The highest BCUT2D eigenvalue weighted by molar-refractivity contribution is 5.92. The molecule has 1 unspecified atom stereocenters. The molecule has 2 aromatic heterocycles. The third-order valence-electron chi connectivity index (χ3n) is 4.31. The molecule has 3 heterocycles. The number of carbonyl (C=O) groups excluding carboxylic acids is 1. The van der Waals surface area contributed by atoms with E-state index >= 15 is 0 Å². The number of carbonyl (C=O) groups is 1. The molecule has 0 spiro atoms. The summed E-state index contributed by atoms with van der Waals surface area (Å²) in [5, 5.41) is 5.19. The number of rotatable bonds is 3. The van der Waals surface area contributed by atoms with Gasteiger partial charge in [0.05, 0.1) is 11.6 Å². The van der Waals surface area contributed by atoms with Crippen molar-refractivity contribution in [2.75, 3.05) is 24.5 Å². The normalized spacial score (nSPS) is 19.3. The lowest BCUT2D eigenvalue weighted by Crippen LogP contribution is -2.57. The molecule has 0 N–H and O–H groups in total. The van der Waals surface area contributed by atoms with Crippen molar-refractivity contribution in [3.8, 4) is 0 Å². The van der Waals surface area contributed by atoms with Gasteiger partial charge in [0.2, 0.25) is 5.91 Å². The van der Waals surface area contributed by atoms with Crippen molar-refractivity contribution in [2.45, 2.75) is 33.2 Å². The van der Waals surface area contributed by atoms with Crippen molar-refractivity contribution in [3.63, 3.8) is 0 Å². The first-order chi connectivity index (χ1) is 10.6. The molecule has 1 fully saturated rings. The lowest BCUT2D eigenvalue weighted by atomic mass is 10.1. The van der Waals surface area contributed by atoms with Crippen LogP contribution in [0.5, 0.6) is 0 Å². The largest absolute Gasteiger partial charge is 0.342 e. The van der Waals surface area contributed by atoms with E-state index in [9.17, 15) is 4.79 Å². The van der Waals surface area contributed by atoms with Crippen LogP contribution in [0.2, 0.25) is 0 Å². The van der Waals surface area contributed by atoms with Crippen molar-refractivity contribution < 1.29 is 4.79 Å². The fraction of sp³-hybridized carbons (Fsp3) is 0.600. The topological polar surface area (TPSA) is 67.2 Å². The fourth-order valence-electron chi connectivity index (χ4n) is 3.13. The first kappa shape index (κ1) is 14.7. The number of anilines is 1. The summed E-state index contributed by atoms with van der Waals surface area (Å²) < 4.78 is 1.75. The first-order valence-corrected chi connectivity index (χ1v) is 7.78. The second-order valence-corrected chi connectivity index (χ2v) is 5.64. The molecule has 22 heavy (non-hydrogen) atoms. The summed E-state index contributed by atoms with van der Waals surface area (Å²) in [4.78, 5) is 25.7.